The first-order valence-corrected chi connectivity index (χ1v) is 5.37. The van der Waals surface area contributed by atoms with E-state index in [9.17, 15) is 0 Å². The Morgan fingerprint density at radius 1 is 1.62 bits per heavy atom. The number of aromatic nitrogens is 1. The summed E-state index contributed by atoms with van der Waals surface area (Å²) in [5.41, 5.74) is 0. The molecule has 1 aliphatic rings. The van der Waals surface area contributed by atoms with Crippen molar-refractivity contribution in [2.24, 2.45) is 0 Å². The van der Waals surface area contributed by atoms with Crippen molar-refractivity contribution in [1.82, 2.24) is 10.3 Å². The predicted molar refractivity (Wildman–Crippen MR) is 54.6 cm³/mol. The standard InChI is InChI=1S/C10H12N2S/c1-2-10-12-7-9(13-10)8-5-3-4-6-11-8/h1,7-8,11H,3-6H2. The highest BCUT2D eigenvalue weighted by molar-refractivity contribution is 7.12. The molecule has 13 heavy (non-hydrogen) atoms. The van der Waals surface area contributed by atoms with Gasteiger partial charge in [-0.2, -0.15) is 0 Å². The Morgan fingerprint density at radius 3 is 3.15 bits per heavy atom. The molecular weight excluding hydrogens is 180 g/mol. The van der Waals surface area contributed by atoms with Crippen LogP contribution in [0, 0.1) is 12.3 Å². The lowest BCUT2D eigenvalue weighted by atomic mass is 10.0. The van der Waals surface area contributed by atoms with Crippen molar-refractivity contribution < 1.29 is 0 Å². The Balaban J connectivity index is 2.11. The highest BCUT2D eigenvalue weighted by Gasteiger charge is 2.16. The fourth-order valence-corrected chi connectivity index (χ4v) is 2.45. The Hall–Kier alpha value is -0.850. The second-order valence-electron chi connectivity index (χ2n) is 3.21. The van der Waals surface area contributed by atoms with Gasteiger partial charge in [0.25, 0.3) is 0 Å². The highest BCUT2D eigenvalue weighted by Crippen LogP contribution is 2.26. The molecule has 3 heteroatoms. The monoisotopic (exact) mass is 192 g/mol. The molecule has 0 bridgehead atoms. The zero-order valence-corrected chi connectivity index (χ0v) is 8.23. The van der Waals surface area contributed by atoms with Crippen molar-refractivity contribution in [3.63, 3.8) is 0 Å². The van der Waals surface area contributed by atoms with Crippen LogP contribution in [0.25, 0.3) is 0 Å². The van der Waals surface area contributed by atoms with E-state index in [0.717, 1.165) is 11.6 Å². The lowest BCUT2D eigenvalue weighted by Gasteiger charge is -2.21. The van der Waals surface area contributed by atoms with Gasteiger partial charge in [0.05, 0.1) is 0 Å². The van der Waals surface area contributed by atoms with Crippen molar-refractivity contribution in [2.75, 3.05) is 6.54 Å². The van der Waals surface area contributed by atoms with Gasteiger partial charge < -0.3 is 5.32 Å². The Bertz CT molecular complexity index is 318. The van der Waals surface area contributed by atoms with Crippen LogP contribution in [-0.2, 0) is 0 Å². The second-order valence-corrected chi connectivity index (χ2v) is 4.28. The van der Waals surface area contributed by atoms with Crippen molar-refractivity contribution in [2.45, 2.75) is 25.3 Å². The van der Waals surface area contributed by atoms with E-state index in [1.807, 2.05) is 6.20 Å². The van der Waals surface area contributed by atoms with Gasteiger partial charge in [0, 0.05) is 17.1 Å². The highest BCUT2D eigenvalue weighted by atomic mass is 32.1. The molecule has 68 valence electrons. The van der Waals surface area contributed by atoms with Crippen LogP contribution in [-0.4, -0.2) is 11.5 Å². The van der Waals surface area contributed by atoms with Crippen LogP contribution in [0.2, 0.25) is 0 Å². The lowest BCUT2D eigenvalue weighted by molar-refractivity contribution is 0.417. The number of hydrogen-bond acceptors (Lipinski definition) is 3. The second kappa shape index (κ2) is 3.91. The minimum Gasteiger partial charge on any atom is -0.309 e. The molecule has 1 aromatic heterocycles. The van der Waals surface area contributed by atoms with Crippen LogP contribution in [0.5, 0.6) is 0 Å². The van der Waals surface area contributed by atoms with E-state index < -0.39 is 0 Å². The zero-order valence-electron chi connectivity index (χ0n) is 7.42. The molecule has 0 saturated carbocycles. The summed E-state index contributed by atoms with van der Waals surface area (Å²) in [5.74, 6) is 2.57. The largest absolute Gasteiger partial charge is 0.309 e. The average Bonchev–Trinajstić information content (AvgIpc) is 2.67. The maximum absolute atomic E-state index is 5.27. The third-order valence-electron chi connectivity index (χ3n) is 2.30. The molecule has 1 aromatic rings. The van der Waals surface area contributed by atoms with Crippen LogP contribution in [0.1, 0.15) is 35.2 Å². The Morgan fingerprint density at radius 2 is 2.54 bits per heavy atom. The predicted octanol–water partition coefficient (Wildman–Crippen LogP) is 1.94. The van der Waals surface area contributed by atoms with Gasteiger partial charge in [-0.25, -0.2) is 4.98 Å². The third-order valence-corrected chi connectivity index (χ3v) is 3.34. The number of nitrogens with zero attached hydrogens (tertiary/aromatic N) is 1. The van der Waals surface area contributed by atoms with E-state index in [2.05, 4.69) is 16.2 Å². The first-order chi connectivity index (χ1) is 6.40. The molecule has 1 saturated heterocycles. The SMILES string of the molecule is C#Cc1ncc(C2CCCCN2)s1. The van der Waals surface area contributed by atoms with Crippen LogP contribution < -0.4 is 5.32 Å². The number of thiazole rings is 1. The smallest absolute Gasteiger partial charge is 0.166 e. The fraction of sp³-hybridized carbons (Fsp3) is 0.500. The molecule has 1 N–H and O–H groups in total. The maximum Gasteiger partial charge on any atom is 0.166 e. The normalized spacial score (nSPS) is 22.5. The molecule has 2 heterocycles. The Labute approximate surface area is 82.4 Å². The van der Waals surface area contributed by atoms with Gasteiger partial charge in [-0.3, -0.25) is 0 Å². The summed E-state index contributed by atoms with van der Waals surface area (Å²) in [5, 5.41) is 4.27. The van der Waals surface area contributed by atoms with Crippen LogP contribution >= 0.6 is 11.3 Å². The first kappa shape index (κ1) is 8.74. The summed E-state index contributed by atoms with van der Waals surface area (Å²) in [6.45, 7) is 1.12. The topological polar surface area (TPSA) is 24.9 Å². The van der Waals surface area contributed by atoms with E-state index in [-0.39, 0.29) is 0 Å². The van der Waals surface area contributed by atoms with E-state index in [0.29, 0.717) is 6.04 Å². The summed E-state index contributed by atoms with van der Waals surface area (Å²) in [7, 11) is 0. The number of rotatable bonds is 1. The molecule has 0 amide bonds. The van der Waals surface area contributed by atoms with Gasteiger partial charge in [0.2, 0.25) is 0 Å². The number of nitrogens with one attached hydrogen (secondary N) is 1. The molecule has 1 fully saturated rings. The van der Waals surface area contributed by atoms with Crippen molar-refractivity contribution >= 4 is 11.3 Å². The minimum absolute atomic E-state index is 0.494. The summed E-state index contributed by atoms with van der Waals surface area (Å²) in [6, 6.07) is 0.494. The summed E-state index contributed by atoms with van der Waals surface area (Å²) >= 11 is 1.63. The van der Waals surface area contributed by atoms with Gasteiger partial charge in [-0.1, -0.05) is 6.42 Å². The molecule has 0 aliphatic carbocycles. The van der Waals surface area contributed by atoms with Gasteiger partial charge >= 0.3 is 0 Å². The molecule has 2 rings (SSSR count). The van der Waals surface area contributed by atoms with Crippen molar-refractivity contribution in [1.29, 1.82) is 0 Å². The number of piperidine rings is 1. The molecule has 0 radical (unpaired) electrons. The van der Waals surface area contributed by atoms with Crippen molar-refractivity contribution in [3.8, 4) is 12.3 Å². The van der Waals surface area contributed by atoms with Gasteiger partial charge in [-0.05, 0) is 25.3 Å². The van der Waals surface area contributed by atoms with E-state index in [1.54, 1.807) is 11.3 Å². The summed E-state index contributed by atoms with van der Waals surface area (Å²) < 4.78 is 0. The molecule has 1 atom stereocenters. The minimum atomic E-state index is 0.494. The molecule has 0 aromatic carbocycles. The summed E-state index contributed by atoms with van der Waals surface area (Å²) in [4.78, 5) is 5.44. The van der Waals surface area contributed by atoms with E-state index in [1.165, 1.54) is 24.1 Å². The zero-order chi connectivity index (χ0) is 9.10. The van der Waals surface area contributed by atoms with Gasteiger partial charge in [0.15, 0.2) is 5.01 Å². The fourth-order valence-electron chi connectivity index (χ4n) is 1.61. The quantitative estimate of drug-likeness (QED) is 0.688. The summed E-state index contributed by atoms with van der Waals surface area (Å²) in [6.07, 6.45) is 11.0. The lowest BCUT2D eigenvalue weighted by Crippen LogP contribution is -2.25. The maximum atomic E-state index is 5.27. The average molecular weight is 192 g/mol. The van der Waals surface area contributed by atoms with Gasteiger partial charge in [-0.15, -0.1) is 17.8 Å². The van der Waals surface area contributed by atoms with Crippen LogP contribution in [0.15, 0.2) is 6.20 Å². The van der Waals surface area contributed by atoms with E-state index >= 15 is 0 Å². The van der Waals surface area contributed by atoms with E-state index in [4.69, 9.17) is 6.42 Å². The number of terminal acetylenes is 1. The molecular formula is C10H12N2S. The molecule has 2 nitrogen and oxygen atoms in total. The van der Waals surface area contributed by atoms with Crippen molar-refractivity contribution in [3.05, 3.63) is 16.1 Å². The molecule has 0 spiro atoms. The molecule has 1 unspecified atom stereocenters. The number of hydrogen-bond donors (Lipinski definition) is 1. The third kappa shape index (κ3) is 1.90. The van der Waals surface area contributed by atoms with Crippen LogP contribution in [0.3, 0.4) is 0 Å². The van der Waals surface area contributed by atoms with Gasteiger partial charge in [0.1, 0.15) is 0 Å². The first-order valence-electron chi connectivity index (χ1n) is 4.56. The van der Waals surface area contributed by atoms with Crippen LogP contribution in [0.4, 0.5) is 0 Å². The molecule has 1 aliphatic heterocycles. The Kier molecular flexibility index (Phi) is 2.62.